The van der Waals surface area contributed by atoms with Crippen LogP contribution in [0.1, 0.15) is 5.56 Å². The molecule has 23 heavy (non-hydrogen) atoms. The van der Waals surface area contributed by atoms with Gasteiger partial charge in [-0.25, -0.2) is 4.68 Å². The molecular formula is C17H18N4O2. The summed E-state index contributed by atoms with van der Waals surface area (Å²) in [4.78, 5) is 23.6. The molecule has 0 spiro atoms. The molecule has 0 radical (unpaired) electrons. The van der Waals surface area contributed by atoms with Crippen LogP contribution in [0.4, 0.5) is 0 Å². The van der Waals surface area contributed by atoms with Crippen molar-refractivity contribution in [3.8, 4) is 0 Å². The summed E-state index contributed by atoms with van der Waals surface area (Å²) < 4.78 is 3.35. The van der Waals surface area contributed by atoms with Gasteiger partial charge >= 0.3 is 0 Å². The number of para-hydroxylation sites is 1. The zero-order valence-electron chi connectivity index (χ0n) is 12.9. The lowest BCUT2D eigenvalue weighted by atomic mass is 10.1. The summed E-state index contributed by atoms with van der Waals surface area (Å²) in [5.41, 5.74) is 1.93. The number of nitrogens with one attached hydrogen (secondary N) is 1. The van der Waals surface area contributed by atoms with Crippen molar-refractivity contribution in [1.29, 1.82) is 0 Å². The highest BCUT2D eigenvalue weighted by molar-refractivity contribution is 5.89. The Morgan fingerprint density at radius 3 is 2.87 bits per heavy atom. The summed E-state index contributed by atoms with van der Waals surface area (Å²) in [6.07, 6.45) is 3.85. The molecule has 0 aliphatic carbocycles. The lowest BCUT2D eigenvalue weighted by molar-refractivity contribution is -0.120. The maximum absolute atomic E-state index is 12.1. The first kappa shape index (κ1) is 15.0. The van der Waals surface area contributed by atoms with Gasteiger partial charge in [0, 0.05) is 43.0 Å². The highest BCUT2D eigenvalue weighted by atomic mass is 16.1. The zero-order valence-corrected chi connectivity index (χ0v) is 12.9. The monoisotopic (exact) mass is 310 g/mol. The van der Waals surface area contributed by atoms with Gasteiger partial charge in [-0.3, -0.25) is 9.59 Å². The Kier molecular flexibility index (Phi) is 4.23. The predicted molar refractivity (Wildman–Crippen MR) is 88.1 cm³/mol. The summed E-state index contributed by atoms with van der Waals surface area (Å²) in [7, 11) is 1.97. The van der Waals surface area contributed by atoms with Crippen LogP contribution in [0.25, 0.3) is 10.9 Å². The molecule has 0 saturated heterocycles. The Morgan fingerprint density at radius 2 is 2.04 bits per heavy atom. The van der Waals surface area contributed by atoms with Crippen LogP contribution in [0.3, 0.4) is 0 Å². The minimum Gasteiger partial charge on any atom is -0.354 e. The number of amides is 1. The first-order chi connectivity index (χ1) is 11.1. The van der Waals surface area contributed by atoms with E-state index in [4.69, 9.17) is 0 Å². The summed E-state index contributed by atoms with van der Waals surface area (Å²) >= 11 is 0. The van der Waals surface area contributed by atoms with Crippen LogP contribution in [-0.4, -0.2) is 26.8 Å². The molecule has 0 atom stereocenters. The van der Waals surface area contributed by atoms with E-state index in [-0.39, 0.29) is 11.5 Å². The number of aromatic nitrogens is 3. The van der Waals surface area contributed by atoms with E-state index in [0.29, 0.717) is 19.5 Å². The Morgan fingerprint density at radius 1 is 1.22 bits per heavy atom. The van der Waals surface area contributed by atoms with Crippen LogP contribution in [0.15, 0.2) is 53.6 Å². The van der Waals surface area contributed by atoms with Crippen LogP contribution in [0.2, 0.25) is 0 Å². The molecule has 118 valence electrons. The summed E-state index contributed by atoms with van der Waals surface area (Å²) in [5, 5.41) is 7.87. The van der Waals surface area contributed by atoms with Gasteiger partial charge in [-0.2, -0.15) is 5.10 Å². The van der Waals surface area contributed by atoms with E-state index in [0.717, 1.165) is 16.5 Å². The molecule has 2 aromatic heterocycles. The molecule has 0 bridgehead atoms. The number of benzene rings is 1. The van der Waals surface area contributed by atoms with Crippen molar-refractivity contribution in [3.05, 3.63) is 64.7 Å². The Hall–Kier alpha value is -2.89. The number of nitrogens with zero attached hydrogens (tertiary/aromatic N) is 3. The maximum Gasteiger partial charge on any atom is 0.266 e. The van der Waals surface area contributed by atoms with Gasteiger partial charge in [0.25, 0.3) is 5.56 Å². The standard InChI is InChI=1S/C17H18N4O2/c1-20-12-13(14-5-2-3-6-15(14)20)11-16(22)18-9-10-21-17(23)7-4-8-19-21/h2-8,12H,9-11H2,1H3,(H,18,22). The Labute approximate surface area is 133 Å². The number of fused-ring (bicyclic) bond motifs is 1. The van der Waals surface area contributed by atoms with Crippen LogP contribution in [0.5, 0.6) is 0 Å². The molecule has 1 N–H and O–H groups in total. The van der Waals surface area contributed by atoms with Gasteiger partial charge in [0.1, 0.15) is 0 Å². The predicted octanol–water partition coefficient (Wildman–Crippen LogP) is 1.09. The average Bonchev–Trinajstić information content (AvgIpc) is 2.86. The Bertz CT molecular complexity index is 895. The number of carbonyl (C=O) groups is 1. The fourth-order valence-corrected chi connectivity index (χ4v) is 2.66. The summed E-state index contributed by atoms with van der Waals surface area (Å²) in [6, 6.07) is 11.0. The second-order valence-electron chi connectivity index (χ2n) is 5.39. The van der Waals surface area contributed by atoms with Crippen molar-refractivity contribution in [3.63, 3.8) is 0 Å². The van der Waals surface area contributed by atoms with Crippen molar-refractivity contribution in [2.75, 3.05) is 6.54 Å². The second kappa shape index (κ2) is 6.48. The van der Waals surface area contributed by atoms with Crippen molar-refractivity contribution in [1.82, 2.24) is 19.7 Å². The van der Waals surface area contributed by atoms with E-state index in [2.05, 4.69) is 10.4 Å². The van der Waals surface area contributed by atoms with Gasteiger partial charge in [-0.15, -0.1) is 0 Å². The van der Waals surface area contributed by atoms with Gasteiger partial charge < -0.3 is 9.88 Å². The molecule has 0 aliphatic rings. The molecule has 6 heteroatoms. The SMILES string of the molecule is Cn1cc(CC(=O)NCCn2ncccc2=O)c2ccccc21. The molecule has 1 aromatic carbocycles. The first-order valence-corrected chi connectivity index (χ1v) is 7.47. The molecule has 3 aromatic rings. The van der Waals surface area contributed by atoms with Crippen molar-refractivity contribution >= 4 is 16.8 Å². The number of aryl methyl sites for hydroxylation is 1. The third-order valence-electron chi connectivity index (χ3n) is 3.76. The quantitative estimate of drug-likeness (QED) is 0.767. The molecule has 0 unspecified atom stereocenters. The van der Waals surface area contributed by atoms with E-state index in [1.807, 2.05) is 42.1 Å². The minimum atomic E-state index is -0.171. The third kappa shape index (κ3) is 3.31. The first-order valence-electron chi connectivity index (χ1n) is 7.47. The number of hydrogen-bond donors (Lipinski definition) is 1. The molecule has 6 nitrogen and oxygen atoms in total. The maximum atomic E-state index is 12.1. The van der Waals surface area contributed by atoms with E-state index >= 15 is 0 Å². The van der Waals surface area contributed by atoms with Gasteiger partial charge in [-0.05, 0) is 17.7 Å². The molecule has 0 aliphatic heterocycles. The van der Waals surface area contributed by atoms with Crippen molar-refractivity contribution in [2.45, 2.75) is 13.0 Å². The average molecular weight is 310 g/mol. The lowest BCUT2D eigenvalue weighted by Crippen LogP contribution is -2.32. The molecule has 3 rings (SSSR count). The van der Waals surface area contributed by atoms with E-state index < -0.39 is 0 Å². The van der Waals surface area contributed by atoms with Gasteiger partial charge in [0.15, 0.2) is 0 Å². The molecule has 2 heterocycles. The van der Waals surface area contributed by atoms with Crippen LogP contribution < -0.4 is 10.9 Å². The highest BCUT2D eigenvalue weighted by Gasteiger charge is 2.10. The number of rotatable bonds is 5. The van der Waals surface area contributed by atoms with Gasteiger partial charge in [0.2, 0.25) is 5.91 Å². The molecule has 0 fully saturated rings. The fourth-order valence-electron chi connectivity index (χ4n) is 2.66. The van der Waals surface area contributed by atoms with Crippen LogP contribution in [0, 0.1) is 0 Å². The molecule has 0 saturated carbocycles. The van der Waals surface area contributed by atoms with E-state index in [9.17, 15) is 9.59 Å². The summed E-state index contributed by atoms with van der Waals surface area (Å²) in [6.45, 7) is 0.738. The highest BCUT2D eigenvalue weighted by Crippen LogP contribution is 2.20. The van der Waals surface area contributed by atoms with Crippen molar-refractivity contribution in [2.24, 2.45) is 7.05 Å². The molecular weight excluding hydrogens is 292 g/mol. The lowest BCUT2D eigenvalue weighted by Gasteiger charge is -2.06. The zero-order chi connectivity index (χ0) is 16.2. The van der Waals surface area contributed by atoms with Crippen molar-refractivity contribution < 1.29 is 4.79 Å². The summed E-state index contributed by atoms with van der Waals surface area (Å²) in [5.74, 6) is -0.0645. The number of carbonyl (C=O) groups excluding carboxylic acids is 1. The molecule has 1 amide bonds. The minimum absolute atomic E-state index is 0.0645. The normalized spacial score (nSPS) is 10.8. The van der Waals surface area contributed by atoms with Gasteiger partial charge in [0.05, 0.1) is 13.0 Å². The fraction of sp³-hybridized carbons (Fsp3) is 0.235. The second-order valence-corrected chi connectivity index (χ2v) is 5.39. The van der Waals surface area contributed by atoms with E-state index in [1.54, 1.807) is 12.3 Å². The van der Waals surface area contributed by atoms with Crippen LogP contribution in [-0.2, 0) is 24.8 Å². The van der Waals surface area contributed by atoms with E-state index in [1.165, 1.54) is 10.7 Å². The van der Waals surface area contributed by atoms with Gasteiger partial charge in [-0.1, -0.05) is 18.2 Å². The van der Waals surface area contributed by atoms with Crippen LogP contribution >= 0.6 is 0 Å². The third-order valence-corrected chi connectivity index (χ3v) is 3.76. The Balaban J connectivity index is 1.61. The largest absolute Gasteiger partial charge is 0.354 e. The smallest absolute Gasteiger partial charge is 0.266 e. The number of hydrogen-bond acceptors (Lipinski definition) is 3. The topological polar surface area (TPSA) is 68.9 Å².